The fourth-order valence-electron chi connectivity index (χ4n) is 3.61. The predicted octanol–water partition coefficient (Wildman–Crippen LogP) is 3.49. The normalized spacial score (nSPS) is 24.1. The number of piperidine rings is 1. The van der Waals surface area contributed by atoms with Crippen molar-refractivity contribution < 1.29 is 9.53 Å². The molecule has 0 radical (unpaired) electrons. The quantitative estimate of drug-likeness (QED) is 0.795. The minimum absolute atomic E-state index is 0.149. The third-order valence-electron chi connectivity index (χ3n) is 4.89. The van der Waals surface area contributed by atoms with Gasteiger partial charge in [-0.3, -0.25) is 9.69 Å². The molecule has 2 aliphatic heterocycles. The average Bonchev–Trinajstić information content (AvgIpc) is 2.62. The van der Waals surface area contributed by atoms with Crippen molar-refractivity contribution in [2.75, 3.05) is 31.7 Å². The van der Waals surface area contributed by atoms with Gasteiger partial charge in [0.2, 0.25) is 0 Å². The van der Waals surface area contributed by atoms with Crippen molar-refractivity contribution in [1.29, 1.82) is 0 Å². The maximum Gasteiger partial charge on any atom is 0.167 e. The Bertz CT molecular complexity index is 514. The summed E-state index contributed by atoms with van der Waals surface area (Å²) in [5, 5.41) is 0. The van der Waals surface area contributed by atoms with E-state index in [0.717, 1.165) is 37.2 Å². The van der Waals surface area contributed by atoms with Gasteiger partial charge in [0.25, 0.3) is 0 Å². The largest absolute Gasteiger partial charge is 0.497 e. The number of hydrogen-bond acceptors (Lipinski definition) is 4. The van der Waals surface area contributed by atoms with Crippen molar-refractivity contribution in [2.24, 2.45) is 5.92 Å². The van der Waals surface area contributed by atoms with E-state index in [1.807, 2.05) is 24.3 Å². The third-order valence-corrected chi connectivity index (χ3v) is 5.93. The van der Waals surface area contributed by atoms with Gasteiger partial charge in [-0.15, -0.1) is 0 Å². The topological polar surface area (TPSA) is 29.5 Å². The van der Waals surface area contributed by atoms with E-state index in [1.165, 1.54) is 24.3 Å². The Morgan fingerprint density at radius 2 is 2.09 bits per heavy atom. The Morgan fingerprint density at radius 1 is 1.27 bits per heavy atom. The Hall–Kier alpha value is -1.00. The Labute approximate surface area is 137 Å². The molecule has 120 valence electrons. The van der Waals surface area contributed by atoms with Gasteiger partial charge in [0.15, 0.2) is 5.78 Å². The molecular formula is C18H25NO2S. The van der Waals surface area contributed by atoms with E-state index in [4.69, 9.17) is 4.74 Å². The second-order valence-electron chi connectivity index (χ2n) is 6.27. The average molecular weight is 319 g/mol. The molecule has 2 heterocycles. The lowest BCUT2D eigenvalue weighted by Crippen LogP contribution is -2.46. The van der Waals surface area contributed by atoms with Gasteiger partial charge in [-0.1, -0.05) is 12.1 Å². The van der Waals surface area contributed by atoms with Crippen LogP contribution in [0.4, 0.5) is 0 Å². The number of rotatable bonds is 4. The SMILES string of the molecule is COc1cccc(C(=O)[C@@H]2CCCN(C3CCSCC3)C2)c1. The number of nitrogens with zero attached hydrogens (tertiary/aromatic N) is 1. The lowest BCUT2D eigenvalue weighted by molar-refractivity contribution is 0.0741. The highest BCUT2D eigenvalue weighted by Gasteiger charge is 2.30. The summed E-state index contributed by atoms with van der Waals surface area (Å²) in [5.41, 5.74) is 0.797. The molecule has 22 heavy (non-hydrogen) atoms. The molecule has 2 fully saturated rings. The van der Waals surface area contributed by atoms with Crippen molar-refractivity contribution in [3.8, 4) is 5.75 Å². The first-order valence-electron chi connectivity index (χ1n) is 8.28. The van der Waals surface area contributed by atoms with Gasteiger partial charge in [0.1, 0.15) is 5.75 Å². The van der Waals surface area contributed by atoms with E-state index < -0.39 is 0 Å². The van der Waals surface area contributed by atoms with E-state index in [-0.39, 0.29) is 11.7 Å². The zero-order valence-corrected chi connectivity index (χ0v) is 14.1. The maximum atomic E-state index is 12.8. The molecule has 0 N–H and O–H groups in total. The fourth-order valence-corrected chi connectivity index (χ4v) is 4.70. The highest BCUT2D eigenvalue weighted by atomic mass is 32.2. The number of ketones is 1. The summed E-state index contributed by atoms with van der Waals surface area (Å²) in [4.78, 5) is 15.4. The molecule has 0 unspecified atom stereocenters. The molecule has 0 aliphatic carbocycles. The van der Waals surface area contributed by atoms with Crippen LogP contribution in [-0.2, 0) is 0 Å². The van der Waals surface area contributed by atoms with Crippen LogP contribution in [0.5, 0.6) is 5.75 Å². The smallest absolute Gasteiger partial charge is 0.167 e. The number of carbonyl (C=O) groups excluding carboxylic acids is 1. The van der Waals surface area contributed by atoms with Crippen LogP contribution in [0.2, 0.25) is 0 Å². The van der Waals surface area contributed by atoms with Crippen molar-refractivity contribution in [2.45, 2.75) is 31.7 Å². The number of carbonyl (C=O) groups is 1. The molecule has 4 heteroatoms. The van der Waals surface area contributed by atoms with Crippen molar-refractivity contribution >= 4 is 17.5 Å². The third kappa shape index (κ3) is 3.66. The number of thioether (sulfide) groups is 1. The van der Waals surface area contributed by atoms with Crippen LogP contribution in [0, 0.1) is 5.92 Å². The van der Waals surface area contributed by atoms with Crippen molar-refractivity contribution in [1.82, 2.24) is 4.90 Å². The maximum absolute atomic E-state index is 12.8. The number of methoxy groups -OCH3 is 1. The summed E-state index contributed by atoms with van der Waals surface area (Å²) < 4.78 is 5.24. The fraction of sp³-hybridized carbons (Fsp3) is 0.611. The number of benzene rings is 1. The van der Waals surface area contributed by atoms with Crippen LogP contribution in [-0.4, -0.2) is 48.4 Å². The second-order valence-corrected chi connectivity index (χ2v) is 7.50. The number of likely N-dealkylation sites (tertiary alicyclic amines) is 1. The van der Waals surface area contributed by atoms with Crippen molar-refractivity contribution in [3.63, 3.8) is 0 Å². The van der Waals surface area contributed by atoms with E-state index in [2.05, 4.69) is 16.7 Å². The molecule has 1 aromatic rings. The van der Waals surface area contributed by atoms with Crippen LogP contribution in [0.3, 0.4) is 0 Å². The van der Waals surface area contributed by atoms with Gasteiger partial charge in [0.05, 0.1) is 7.11 Å². The van der Waals surface area contributed by atoms with E-state index in [9.17, 15) is 4.79 Å². The van der Waals surface area contributed by atoms with E-state index >= 15 is 0 Å². The van der Waals surface area contributed by atoms with Crippen LogP contribution in [0.1, 0.15) is 36.0 Å². The lowest BCUT2D eigenvalue weighted by Gasteiger charge is -2.39. The molecule has 0 spiro atoms. The van der Waals surface area contributed by atoms with Gasteiger partial charge in [-0.2, -0.15) is 11.8 Å². The molecule has 0 aromatic heterocycles. The standard InChI is InChI=1S/C18H25NO2S/c1-21-17-6-2-4-14(12-17)18(20)15-5-3-9-19(13-15)16-7-10-22-11-8-16/h2,4,6,12,15-16H,3,5,7-11,13H2,1H3/t15-/m1/s1. The molecule has 0 amide bonds. The number of hydrogen-bond donors (Lipinski definition) is 0. The molecule has 1 aromatic carbocycles. The molecule has 0 saturated carbocycles. The zero-order chi connectivity index (χ0) is 15.4. The van der Waals surface area contributed by atoms with Crippen LogP contribution in [0.15, 0.2) is 24.3 Å². The van der Waals surface area contributed by atoms with Gasteiger partial charge in [-0.05, 0) is 55.9 Å². The van der Waals surface area contributed by atoms with Crippen LogP contribution in [0.25, 0.3) is 0 Å². The molecule has 2 aliphatic rings. The lowest BCUT2D eigenvalue weighted by atomic mass is 9.88. The summed E-state index contributed by atoms with van der Waals surface area (Å²) in [6.07, 6.45) is 4.73. The highest BCUT2D eigenvalue weighted by molar-refractivity contribution is 7.99. The molecule has 3 nitrogen and oxygen atoms in total. The van der Waals surface area contributed by atoms with Crippen LogP contribution >= 0.6 is 11.8 Å². The highest BCUT2D eigenvalue weighted by Crippen LogP contribution is 2.28. The summed E-state index contributed by atoms with van der Waals surface area (Å²) >= 11 is 2.06. The summed E-state index contributed by atoms with van der Waals surface area (Å²) in [5.74, 6) is 3.75. The minimum Gasteiger partial charge on any atom is -0.497 e. The number of ether oxygens (including phenoxy) is 1. The van der Waals surface area contributed by atoms with Gasteiger partial charge in [-0.25, -0.2) is 0 Å². The first kappa shape index (κ1) is 15.9. The van der Waals surface area contributed by atoms with E-state index in [1.54, 1.807) is 7.11 Å². The minimum atomic E-state index is 0.149. The molecule has 2 saturated heterocycles. The zero-order valence-electron chi connectivity index (χ0n) is 13.3. The summed E-state index contributed by atoms with van der Waals surface area (Å²) in [6, 6.07) is 8.29. The van der Waals surface area contributed by atoms with Gasteiger partial charge < -0.3 is 4.74 Å². The Balaban J connectivity index is 1.66. The Kier molecular flexibility index (Phi) is 5.42. The predicted molar refractivity (Wildman–Crippen MR) is 92.0 cm³/mol. The second kappa shape index (κ2) is 7.51. The first-order valence-corrected chi connectivity index (χ1v) is 9.43. The molecular weight excluding hydrogens is 294 g/mol. The van der Waals surface area contributed by atoms with E-state index in [0.29, 0.717) is 6.04 Å². The number of Topliss-reactive ketones (excluding diaryl/α,β-unsaturated/α-hetero) is 1. The molecule has 0 bridgehead atoms. The van der Waals surface area contributed by atoms with Crippen molar-refractivity contribution in [3.05, 3.63) is 29.8 Å². The Morgan fingerprint density at radius 3 is 2.86 bits per heavy atom. The van der Waals surface area contributed by atoms with Gasteiger partial charge >= 0.3 is 0 Å². The molecule has 1 atom stereocenters. The van der Waals surface area contributed by atoms with Gasteiger partial charge in [0, 0.05) is 24.1 Å². The summed E-state index contributed by atoms with van der Waals surface area (Å²) in [7, 11) is 1.65. The first-order chi connectivity index (χ1) is 10.8. The summed E-state index contributed by atoms with van der Waals surface area (Å²) in [6.45, 7) is 2.10. The van der Waals surface area contributed by atoms with Crippen LogP contribution < -0.4 is 4.74 Å². The molecule has 3 rings (SSSR count). The monoisotopic (exact) mass is 319 g/mol.